The van der Waals surface area contributed by atoms with Gasteiger partial charge in [0, 0.05) is 44.0 Å². The Hall–Kier alpha value is -3.13. The fraction of sp³-hybridized carbons (Fsp3) is 0.364. The summed E-state index contributed by atoms with van der Waals surface area (Å²) < 4.78 is 23.6. The van der Waals surface area contributed by atoms with E-state index >= 15 is 0 Å². The molecule has 1 saturated heterocycles. The summed E-state index contributed by atoms with van der Waals surface area (Å²) in [6.45, 7) is 5.66. The van der Waals surface area contributed by atoms with Crippen molar-refractivity contribution in [3.63, 3.8) is 0 Å². The standard InChI is InChI=1S/C22H26FN5O2/c1-29-20-5-2-4-17(16-20)21-25-22(30-26-21)24-10-3-11-27-12-14-28(15-13-27)19-8-6-18(23)7-9-19/h2,4-9,16H,3,10-15H2,1H3,(H,24,25,26). The van der Waals surface area contributed by atoms with Crippen LogP contribution < -0.4 is 15.0 Å². The van der Waals surface area contributed by atoms with Crippen LogP contribution in [-0.2, 0) is 0 Å². The van der Waals surface area contributed by atoms with Gasteiger partial charge in [-0.05, 0) is 49.4 Å². The molecule has 0 unspecified atom stereocenters. The van der Waals surface area contributed by atoms with E-state index in [1.807, 2.05) is 36.4 Å². The Morgan fingerprint density at radius 3 is 2.67 bits per heavy atom. The molecule has 0 amide bonds. The number of halogens is 1. The normalized spacial score (nSPS) is 14.7. The predicted molar refractivity (Wildman–Crippen MR) is 114 cm³/mol. The molecule has 30 heavy (non-hydrogen) atoms. The van der Waals surface area contributed by atoms with Gasteiger partial charge in [0.15, 0.2) is 0 Å². The van der Waals surface area contributed by atoms with Gasteiger partial charge in [0.2, 0.25) is 5.82 Å². The van der Waals surface area contributed by atoms with E-state index in [9.17, 15) is 4.39 Å². The average molecular weight is 411 g/mol. The van der Waals surface area contributed by atoms with Gasteiger partial charge >= 0.3 is 6.01 Å². The fourth-order valence-corrected chi connectivity index (χ4v) is 3.55. The highest BCUT2D eigenvalue weighted by Gasteiger charge is 2.17. The van der Waals surface area contributed by atoms with Crippen molar-refractivity contribution in [1.82, 2.24) is 15.0 Å². The van der Waals surface area contributed by atoms with Crippen molar-refractivity contribution < 1.29 is 13.7 Å². The highest BCUT2D eigenvalue weighted by Crippen LogP contribution is 2.22. The van der Waals surface area contributed by atoms with E-state index in [2.05, 4.69) is 25.3 Å². The number of nitrogens with one attached hydrogen (secondary N) is 1. The van der Waals surface area contributed by atoms with Crippen molar-refractivity contribution >= 4 is 11.7 Å². The van der Waals surface area contributed by atoms with E-state index in [1.54, 1.807) is 7.11 Å². The summed E-state index contributed by atoms with van der Waals surface area (Å²) >= 11 is 0. The van der Waals surface area contributed by atoms with Gasteiger partial charge in [-0.25, -0.2) is 4.39 Å². The van der Waals surface area contributed by atoms with Crippen LogP contribution in [0.25, 0.3) is 11.4 Å². The first-order valence-electron chi connectivity index (χ1n) is 10.2. The Labute approximate surface area is 175 Å². The third-order valence-corrected chi connectivity index (χ3v) is 5.25. The van der Waals surface area contributed by atoms with E-state index in [0.717, 1.165) is 62.7 Å². The number of aromatic nitrogens is 2. The number of benzene rings is 2. The molecule has 1 aliphatic heterocycles. The van der Waals surface area contributed by atoms with E-state index < -0.39 is 0 Å². The summed E-state index contributed by atoms with van der Waals surface area (Å²) in [5.41, 5.74) is 1.94. The quantitative estimate of drug-likeness (QED) is 0.569. The van der Waals surface area contributed by atoms with Gasteiger partial charge in [0.25, 0.3) is 0 Å². The summed E-state index contributed by atoms with van der Waals surface area (Å²) in [4.78, 5) is 9.14. The highest BCUT2D eigenvalue weighted by molar-refractivity contribution is 5.57. The molecule has 0 spiro atoms. The molecule has 7 nitrogen and oxygen atoms in total. The van der Waals surface area contributed by atoms with Crippen LogP contribution in [-0.4, -0.2) is 61.4 Å². The van der Waals surface area contributed by atoms with E-state index in [4.69, 9.17) is 9.26 Å². The molecule has 158 valence electrons. The van der Waals surface area contributed by atoms with E-state index in [1.165, 1.54) is 12.1 Å². The minimum absolute atomic E-state index is 0.193. The molecule has 2 aromatic carbocycles. The van der Waals surface area contributed by atoms with Gasteiger partial charge in [-0.2, -0.15) is 4.98 Å². The zero-order valence-corrected chi connectivity index (χ0v) is 17.1. The van der Waals surface area contributed by atoms with Crippen LogP contribution in [0.4, 0.5) is 16.1 Å². The molecule has 2 heterocycles. The predicted octanol–water partition coefficient (Wildman–Crippen LogP) is 3.51. The molecule has 0 bridgehead atoms. The number of rotatable bonds is 8. The largest absolute Gasteiger partial charge is 0.497 e. The van der Waals surface area contributed by atoms with Crippen LogP contribution in [0.1, 0.15) is 6.42 Å². The van der Waals surface area contributed by atoms with Crippen molar-refractivity contribution in [3.05, 3.63) is 54.3 Å². The second-order valence-corrected chi connectivity index (χ2v) is 7.24. The third-order valence-electron chi connectivity index (χ3n) is 5.25. The second-order valence-electron chi connectivity index (χ2n) is 7.24. The molecular weight excluding hydrogens is 385 g/mol. The van der Waals surface area contributed by atoms with Crippen LogP contribution in [0.15, 0.2) is 53.1 Å². The first kappa shape index (κ1) is 20.2. The summed E-state index contributed by atoms with van der Waals surface area (Å²) in [6.07, 6.45) is 0.980. The molecule has 1 aliphatic rings. The Morgan fingerprint density at radius 1 is 1.10 bits per heavy atom. The summed E-state index contributed by atoms with van der Waals surface area (Å²) in [7, 11) is 1.63. The Kier molecular flexibility index (Phi) is 6.44. The maximum atomic E-state index is 13.1. The maximum Gasteiger partial charge on any atom is 0.321 e. The lowest BCUT2D eigenvalue weighted by molar-refractivity contribution is 0.257. The van der Waals surface area contributed by atoms with Crippen LogP contribution >= 0.6 is 0 Å². The molecule has 1 fully saturated rings. The molecular formula is C22H26FN5O2. The van der Waals surface area contributed by atoms with Crippen LogP contribution in [0.5, 0.6) is 5.75 Å². The molecule has 4 rings (SSSR count). The van der Waals surface area contributed by atoms with Crippen molar-refractivity contribution in [2.75, 3.05) is 56.6 Å². The van der Waals surface area contributed by atoms with Crippen LogP contribution in [0, 0.1) is 5.82 Å². The number of hydrogen-bond acceptors (Lipinski definition) is 7. The van der Waals surface area contributed by atoms with Gasteiger partial charge in [-0.15, -0.1) is 0 Å². The third kappa shape index (κ3) is 5.07. The Morgan fingerprint density at radius 2 is 1.90 bits per heavy atom. The summed E-state index contributed by atoms with van der Waals surface area (Å²) in [5.74, 6) is 1.10. The monoisotopic (exact) mass is 411 g/mol. The highest BCUT2D eigenvalue weighted by atomic mass is 19.1. The molecule has 0 atom stereocenters. The molecule has 0 radical (unpaired) electrons. The average Bonchev–Trinajstić information content (AvgIpc) is 3.27. The SMILES string of the molecule is COc1cccc(-c2noc(NCCCN3CCN(c4ccc(F)cc4)CC3)n2)c1. The topological polar surface area (TPSA) is 66.7 Å². The van der Waals surface area contributed by atoms with Gasteiger partial charge in [-0.3, -0.25) is 4.90 Å². The molecule has 0 saturated carbocycles. The number of nitrogens with zero attached hydrogens (tertiary/aromatic N) is 4. The molecule has 3 aromatic rings. The van der Waals surface area contributed by atoms with E-state index in [0.29, 0.717) is 11.8 Å². The molecule has 0 aliphatic carbocycles. The molecule has 1 aromatic heterocycles. The summed E-state index contributed by atoms with van der Waals surface area (Å²) in [5, 5.41) is 7.23. The zero-order valence-electron chi connectivity index (χ0n) is 17.1. The Bertz CT molecular complexity index is 939. The number of methoxy groups -OCH3 is 1. The minimum Gasteiger partial charge on any atom is -0.497 e. The first-order valence-corrected chi connectivity index (χ1v) is 10.2. The van der Waals surface area contributed by atoms with E-state index in [-0.39, 0.29) is 5.82 Å². The summed E-state index contributed by atoms with van der Waals surface area (Å²) in [6, 6.07) is 14.7. The van der Waals surface area contributed by atoms with Crippen LogP contribution in [0.3, 0.4) is 0 Å². The van der Waals surface area contributed by atoms with Crippen molar-refractivity contribution in [2.45, 2.75) is 6.42 Å². The Balaban J connectivity index is 1.18. The van der Waals surface area contributed by atoms with Crippen molar-refractivity contribution in [2.24, 2.45) is 0 Å². The second kappa shape index (κ2) is 9.58. The van der Waals surface area contributed by atoms with Gasteiger partial charge in [-0.1, -0.05) is 17.3 Å². The smallest absolute Gasteiger partial charge is 0.321 e. The lowest BCUT2D eigenvalue weighted by Crippen LogP contribution is -2.46. The minimum atomic E-state index is -0.193. The van der Waals surface area contributed by atoms with Gasteiger partial charge in [0.1, 0.15) is 11.6 Å². The molecule has 1 N–H and O–H groups in total. The first-order chi connectivity index (χ1) is 14.7. The van der Waals surface area contributed by atoms with Crippen LogP contribution in [0.2, 0.25) is 0 Å². The van der Waals surface area contributed by atoms with Crippen molar-refractivity contribution in [1.29, 1.82) is 0 Å². The van der Waals surface area contributed by atoms with Crippen molar-refractivity contribution in [3.8, 4) is 17.1 Å². The lowest BCUT2D eigenvalue weighted by atomic mass is 10.2. The number of piperazine rings is 1. The number of anilines is 2. The maximum absolute atomic E-state index is 13.1. The molecule has 8 heteroatoms. The number of ether oxygens (including phenoxy) is 1. The lowest BCUT2D eigenvalue weighted by Gasteiger charge is -2.36. The van der Waals surface area contributed by atoms with Gasteiger partial charge < -0.3 is 19.5 Å². The fourth-order valence-electron chi connectivity index (χ4n) is 3.55. The van der Waals surface area contributed by atoms with Gasteiger partial charge in [0.05, 0.1) is 7.11 Å². The zero-order chi connectivity index (χ0) is 20.8. The number of hydrogen-bond donors (Lipinski definition) is 1.